The molecule has 5 nitrogen and oxygen atoms in total. The van der Waals surface area contributed by atoms with Crippen LogP contribution in [-0.2, 0) is 11.3 Å². The number of ether oxygens (including phenoxy) is 1. The fourth-order valence-electron chi connectivity index (χ4n) is 5.18. The number of nitrogens with zero attached hydrogens (tertiary/aromatic N) is 2. The van der Waals surface area contributed by atoms with Crippen LogP contribution in [0.1, 0.15) is 69.5 Å². The SMILES string of the molecule is CCNC(=NCc1nc(C(C)C)cs1)NC1C2CCOC2C12CCCC2.I. The summed E-state index contributed by atoms with van der Waals surface area (Å²) in [6, 6.07) is 0.512. The number of hydrogen-bond donors (Lipinski definition) is 2. The van der Waals surface area contributed by atoms with E-state index in [4.69, 9.17) is 14.7 Å². The number of rotatable bonds is 5. The zero-order chi connectivity index (χ0) is 18.1. The lowest BCUT2D eigenvalue weighted by molar-refractivity contribution is -0.125. The summed E-state index contributed by atoms with van der Waals surface area (Å²) >= 11 is 1.72. The highest BCUT2D eigenvalue weighted by atomic mass is 127. The Kier molecular flexibility index (Phi) is 7.06. The van der Waals surface area contributed by atoms with Crippen molar-refractivity contribution in [1.29, 1.82) is 0 Å². The van der Waals surface area contributed by atoms with E-state index in [-0.39, 0.29) is 24.0 Å². The molecule has 1 aromatic rings. The first kappa shape index (κ1) is 21.3. The van der Waals surface area contributed by atoms with E-state index in [1.807, 2.05) is 0 Å². The number of nitrogens with one attached hydrogen (secondary N) is 2. The highest BCUT2D eigenvalue weighted by molar-refractivity contribution is 14.0. The van der Waals surface area contributed by atoms with Gasteiger partial charge in [-0.15, -0.1) is 35.3 Å². The first-order valence-electron chi connectivity index (χ1n) is 10.2. The molecule has 4 rings (SSSR count). The molecule has 2 saturated carbocycles. The third-order valence-electron chi connectivity index (χ3n) is 6.46. The molecule has 1 aliphatic heterocycles. The Morgan fingerprint density at radius 3 is 2.85 bits per heavy atom. The second kappa shape index (κ2) is 8.95. The Morgan fingerprint density at radius 1 is 1.41 bits per heavy atom. The van der Waals surface area contributed by atoms with Gasteiger partial charge in [-0.2, -0.15) is 0 Å². The Bertz CT molecular complexity index is 656. The molecule has 2 N–H and O–H groups in total. The van der Waals surface area contributed by atoms with Crippen molar-refractivity contribution < 1.29 is 4.74 Å². The first-order chi connectivity index (χ1) is 12.6. The lowest BCUT2D eigenvalue weighted by Gasteiger charge is -2.57. The van der Waals surface area contributed by atoms with Crippen LogP contribution in [0, 0.1) is 11.3 Å². The Labute approximate surface area is 184 Å². The summed E-state index contributed by atoms with van der Waals surface area (Å²) in [5.41, 5.74) is 1.52. The van der Waals surface area contributed by atoms with Gasteiger partial charge in [0.1, 0.15) is 5.01 Å². The Morgan fingerprint density at radius 2 is 2.19 bits per heavy atom. The van der Waals surface area contributed by atoms with Gasteiger partial charge in [0.05, 0.1) is 18.3 Å². The molecule has 2 aliphatic carbocycles. The minimum absolute atomic E-state index is 0. The Balaban J connectivity index is 0.00000210. The van der Waals surface area contributed by atoms with E-state index in [0.29, 0.717) is 35.9 Å². The van der Waals surface area contributed by atoms with Gasteiger partial charge >= 0.3 is 0 Å². The number of guanidine groups is 1. The number of aliphatic imine (C=N–C) groups is 1. The van der Waals surface area contributed by atoms with Crippen LogP contribution in [0.4, 0.5) is 0 Å². The van der Waals surface area contributed by atoms with Crippen LogP contribution in [0.15, 0.2) is 10.4 Å². The zero-order valence-corrected chi connectivity index (χ0v) is 19.8. The fourth-order valence-corrected chi connectivity index (χ4v) is 6.06. The molecule has 152 valence electrons. The molecule has 7 heteroatoms. The van der Waals surface area contributed by atoms with Gasteiger partial charge in [-0.25, -0.2) is 9.98 Å². The van der Waals surface area contributed by atoms with Gasteiger partial charge in [0.2, 0.25) is 0 Å². The van der Waals surface area contributed by atoms with Crippen molar-refractivity contribution >= 4 is 41.3 Å². The number of aromatic nitrogens is 1. The molecular weight excluding hydrogens is 471 g/mol. The minimum atomic E-state index is 0. The van der Waals surface area contributed by atoms with E-state index in [9.17, 15) is 0 Å². The van der Waals surface area contributed by atoms with E-state index in [0.717, 1.165) is 24.1 Å². The van der Waals surface area contributed by atoms with Gasteiger partial charge < -0.3 is 15.4 Å². The lowest BCUT2D eigenvalue weighted by Crippen LogP contribution is -2.69. The fraction of sp³-hybridized carbons (Fsp3) is 0.800. The predicted octanol–water partition coefficient (Wildman–Crippen LogP) is 4.29. The molecule has 2 heterocycles. The quantitative estimate of drug-likeness (QED) is 0.357. The molecule has 3 unspecified atom stereocenters. The molecular formula is C20H33IN4OS. The molecule has 3 atom stereocenters. The number of fused-ring (bicyclic) bond motifs is 2. The van der Waals surface area contributed by atoms with Gasteiger partial charge in [0.15, 0.2) is 5.96 Å². The summed E-state index contributed by atoms with van der Waals surface area (Å²) in [4.78, 5) is 9.56. The standard InChI is InChI=1S/C20H32N4OS.HI/c1-4-21-19(22-11-16-23-15(12-26-16)13(2)3)24-17-14-7-10-25-18(14)20(17)8-5-6-9-20;/h12-14,17-18H,4-11H2,1-3H3,(H2,21,22,24);1H. The van der Waals surface area contributed by atoms with Crippen molar-refractivity contribution in [2.75, 3.05) is 13.2 Å². The smallest absolute Gasteiger partial charge is 0.191 e. The molecule has 0 radical (unpaired) electrons. The maximum Gasteiger partial charge on any atom is 0.191 e. The van der Waals surface area contributed by atoms with E-state index < -0.39 is 0 Å². The van der Waals surface area contributed by atoms with E-state index >= 15 is 0 Å². The third kappa shape index (κ3) is 4.01. The summed E-state index contributed by atoms with van der Waals surface area (Å²) in [5, 5.41) is 10.5. The molecule has 3 aliphatic rings. The van der Waals surface area contributed by atoms with Gasteiger partial charge in [-0.1, -0.05) is 26.7 Å². The summed E-state index contributed by atoms with van der Waals surface area (Å²) in [6.45, 7) is 8.96. The monoisotopic (exact) mass is 504 g/mol. The van der Waals surface area contributed by atoms with Crippen LogP contribution in [0.5, 0.6) is 0 Å². The highest BCUT2D eigenvalue weighted by Gasteiger charge is 2.65. The van der Waals surface area contributed by atoms with Crippen molar-refractivity contribution in [2.24, 2.45) is 16.3 Å². The molecule has 1 aromatic heterocycles. The van der Waals surface area contributed by atoms with E-state index in [1.54, 1.807) is 11.3 Å². The average molecular weight is 504 g/mol. The Hall–Kier alpha value is -0.410. The molecule has 1 spiro atoms. The van der Waals surface area contributed by atoms with Crippen LogP contribution in [0.3, 0.4) is 0 Å². The molecule has 27 heavy (non-hydrogen) atoms. The van der Waals surface area contributed by atoms with Crippen LogP contribution in [0.2, 0.25) is 0 Å². The number of hydrogen-bond acceptors (Lipinski definition) is 4. The van der Waals surface area contributed by atoms with Crippen molar-refractivity contribution in [1.82, 2.24) is 15.6 Å². The van der Waals surface area contributed by atoms with Crippen LogP contribution >= 0.6 is 35.3 Å². The normalized spacial score (nSPS) is 28.7. The molecule has 0 aromatic carbocycles. The maximum atomic E-state index is 6.11. The second-order valence-electron chi connectivity index (χ2n) is 8.32. The van der Waals surface area contributed by atoms with E-state index in [2.05, 4.69) is 36.8 Å². The third-order valence-corrected chi connectivity index (χ3v) is 7.31. The van der Waals surface area contributed by atoms with Gasteiger partial charge in [0.25, 0.3) is 0 Å². The van der Waals surface area contributed by atoms with Gasteiger partial charge in [-0.3, -0.25) is 0 Å². The minimum Gasteiger partial charge on any atom is -0.377 e. The summed E-state index contributed by atoms with van der Waals surface area (Å²) in [5.74, 6) is 2.08. The number of halogens is 1. The average Bonchev–Trinajstić information content (AvgIpc) is 3.36. The summed E-state index contributed by atoms with van der Waals surface area (Å²) < 4.78 is 6.11. The van der Waals surface area contributed by atoms with Gasteiger partial charge in [0, 0.05) is 35.9 Å². The van der Waals surface area contributed by atoms with Crippen molar-refractivity contribution in [3.8, 4) is 0 Å². The largest absolute Gasteiger partial charge is 0.377 e. The molecule has 0 amide bonds. The van der Waals surface area contributed by atoms with Crippen LogP contribution < -0.4 is 10.6 Å². The predicted molar refractivity (Wildman–Crippen MR) is 122 cm³/mol. The maximum absolute atomic E-state index is 6.11. The molecule has 1 saturated heterocycles. The zero-order valence-electron chi connectivity index (χ0n) is 16.7. The first-order valence-corrected chi connectivity index (χ1v) is 11.1. The topological polar surface area (TPSA) is 58.5 Å². The summed E-state index contributed by atoms with van der Waals surface area (Å²) in [6.07, 6.45) is 6.96. The van der Waals surface area contributed by atoms with Crippen molar-refractivity contribution in [3.05, 3.63) is 16.1 Å². The lowest BCUT2D eigenvalue weighted by atomic mass is 9.54. The highest BCUT2D eigenvalue weighted by Crippen LogP contribution is 2.60. The van der Waals surface area contributed by atoms with Crippen LogP contribution in [0.25, 0.3) is 0 Å². The molecule has 3 fully saturated rings. The van der Waals surface area contributed by atoms with E-state index in [1.165, 1.54) is 37.8 Å². The van der Waals surface area contributed by atoms with Crippen molar-refractivity contribution in [2.45, 2.75) is 77.5 Å². The molecule has 0 bridgehead atoms. The number of thiazole rings is 1. The van der Waals surface area contributed by atoms with Crippen molar-refractivity contribution in [3.63, 3.8) is 0 Å². The van der Waals surface area contributed by atoms with Gasteiger partial charge in [-0.05, 0) is 32.1 Å². The summed E-state index contributed by atoms with van der Waals surface area (Å²) in [7, 11) is 0. The van der Waals surface area contributed by atoms with Crippen LogP contribution in [-0.4, -0.2) is 36.2 Å². The second-order valence-corrected chi connectivity index (χ2v) is 9.26.